The highest BCUT2D eigenvalue weighted by molar-refractivity contribution is 6.35. The average molecular weight is 632 g/mol. The van der Waals surface area contributed by atoms with Gasteiger partial charge >= 0.3 is 5.97 Å². The number of aromatic carboxylic acids is 1. The highest BCUT2D eigenvalue weighted by Gasteiger charge is 2.43. The first kappa shape index (κ1) is 29.0. The van der Waals surface area contributed by atoms with E-state index in [1.807, 2.05) is 24.3 Å². The number of benzene rings is 3. The van der Waals surface area contributed by atoms with Gasteiger partial charge in [-0.1, -0.05) is 41.4 Å². The smallest absolute Gasteiger partial charge is 0.335 e. The quantitative estimate of drug-likeness (QED) is 0.214. The molecule has 226 valence electrons. The number of hydrogen-bond acceptors (Lipinski definition) is 6. The van der Waals surface area contributed by atoms with Crippen molar-refractivity contribution in [3.63, 3.8) is 0 Å². The van der Waals surface area contributed by atoms with Gasteiger partial charge in [0, 0.05) is 39.6 Å². The average Bonchev–Trinajstić information content (AvgIpc) is 3.70. The molecule has 0 amide bonds. The zero-order valence-corrected chi connectivity index (χ0v) is 25.7. The van der Waals surface area contributed by atoms with E-state index in [1.165, 1.54) is 0 Å². The number of halogens is 2. The maximum atomic E-state index is 11.7. The van der Waals surface area contributed by atoms with Gasteiger partial charge in [-0.2, -0.15) is 5.26 Å². The highest BCUT2D eigenvalue weighted by Crippen LogP contribution is 2.51. The summed E-state index contributed by atoms with van der Waals surface area (Å²) < 4.78 is 14.9. The predicted octanol–water partition coefficient (Wildman–Crippen LogP) is 7.63. The zero-order chi connectivity index (χ0) is 30.4. The van der Waals surface area contributed by atoms with Crippen molar-refractivity contribution >= 4 is 40.2 Å². The molecular formula is C34H32Cl2N4O4. The molecule has 0 bridgehead atoms. The van der Waals surface area contributed by atoms with E-state index >= 15 is 0 Å². The van der Waals surface area contributed by atoms with E-state index in [1.54, 1.807) is 24.3 Å². The molecule has 0 spiro atoms. The molecule has 1 atom stereocenters. The van der Waals surface area contributed by atoms with Crippen LogP contribution in [0.15, 0.2) is 54.6 Å². The zero-order valence-electron chi connectivity index (χ0n) is 24.1. The number of carbonyl (C=O) groups is 1. The van der Waals surface area contributed by atoms with Crippen molar-refractivity contribution in [3.05, 3.63) is 87.2 Å². The molecule has 1 N–H and O–H groups in total. The molecule has 4 aromatic rings. The highest BCUT2D eigenvalue weighted by atomic mass is 35.5. The van der Waals surface area contributed by atoms with Crippen LogP contribution in [0.25, 0.3) is 11.0 Å². The molecule has 44 heavy (non-hydrogen) atoms. The number of carboxylic acids is 1. The van der Waals surface area contributed by atoms with Gasteiger partial charge < -0.3 is 19.1 Å². The van der Waals surface area contributed by atoms with E-state index in [0.717, 1.165) is 78.3 Å². The van der Waals surface area contributed by atoms with Crippen molar-refractivity contribution in [2.24, 2.45) is 5.41 Å². The van der Waals surface area contributed by atoms with Crippen molar-refractivity contribution in [1.29, 1.82) is 5.26 Å². The van der Waals surface area contributed by atoms with Gasteiger partial charge in [-0.3, -0.25) is 4.90 Å². The Hall–Kier alpha value is -3.77. The third-order valence-corrected chi connectivity index (χ3v) is 9.90. The summed E-state index contributed by atoms with van der Waals surface area (Å²) >= 11 is 12.6. The van der Waals surface area contributed by atoms with Crippen LogP contribution >= 0.6 is 23.2 Å². The number of hydrogen-bond donors (Lipinski definition) is 1. The number of likely N-dealkylation sites (tertiary alicyclic amines) is 1. The minimum Gasteiger partial charge on any atom is -0.485 e. The van der Waals surface area contributed by atoms with E-state index in [4.69, 9.17) is 37.7 Å². The number of nitrogens with zero attached hydrogens (tertiary/aromatic N) is 4. The Morgan fingerprint density at radius 3 is 2.64 bits per heavy atom. The maximum Gasteiger partial charge on any atom is 0.335 e. The molecule has 0 unspecified atom stereocenters. The molecule has 7 rings (SSSR count). The second kappa shape index (κ2) is 11.6. The molecule has 1 saturated heterocycles. The van der Waals surface area contributed by atoms with Crippen LogP contribution in [0.1, 0.15) is 71.4 Å². The number of fused-ring (bicyclic) bond motifs is 2. The third-order valence-electron chi connectivity index (χ3n) is 9.34. The first-order valence-corrected chi connectivity index (χ1v) is 15.8. The maximum absolute atomic E-state index is 11.7. The molecule has 3 heterocycles. The molecule has 1 saturated carbocycles. The molecule has 8 nitrogen and oxygen atoms in total. The molecule has 10 heteroatoms. The van der Waals surface area contributed by atoms with Gasteiger partial charge in [0.2, 0.25) is 0 Å². The molecular weight excluding hydrogens is 599 g/mol. The van der Waals surface area contributed by atoms with Crippen molar-refractivity contribution < 1.29 is 19.4 Å². The summed E-state index contributed by atoms with van der Waals surface area (Å²) in [5, 5.41) is 20.2. The second-order valence-electron chi connectivity index (χ2n) is 12.3. The lowest BCUT2D eigenvalue weighted by Gasteiger charge is -2.35. The van der Waals surface area contributed by atoms with E-state index in [9.17, 15) is 15.2 Å². The lowest BCUT2D eigenvalue weighted by atomic mass is 9.88. The van der Waals surface area contributed by atoms with Crippen LogP contribution in [0.5, 0.6) is 11.5 Å². The number of ether oxygens (including phenoxy) is 2. The first-order valence-electron chi connectivity index (χ1n) is 15.0. The molecule has 3 aliphatic rings. The minimum atomic E-state index is -0.957. The first-order chi connectivity index (χ1) is 21.3. The van der Waals surface area contributed by atoms with E-state index in [0.29, 0.717) is 42.1 Å². The van der Waals surface area contributed by atoms with Crippen molar-refractivity contribution in [1.82, 2.24) is 14.5 Å². The predicted molar refractivity (Wildman–Crippen MR) is 168 cm³/mol. The fraction of sp³-hybridized carbons (Fsp3) is 0.382. The normalized spacial score (nSPS) is 19.5. The molecule has 2 aliphatic heterocycles. The summed E-state index contributed by atoms with van der Waals surface area (Å²) in [6.45, 7) is 3.48. The Bertz CT molecular complexity index is 1790. The summed E-state index contributed by atoms with van der Waals surface area (Å²) in [4.78, 5) is 19.1. The van der Waals surface area contributed by atoms with Crippen molar-refractivity contribution in [2.45, 2.75) is 57.2 Å². The van der Waals surface area contributed by atoms with Crippen LogP contribution in [-0.4, -0.2) is 45.2 Å². The Kier molecular flexibility index (Phi) is 7.65. The molecule has 2 fully saturated rings. The van der Waals surface area contributed by atoms with Crippen LogP contribution in [0.2, 0.25) is 10.0 Å². The molecule has 1 aromatic heterocycles. The third kappa shape index (κ3) is 5.61. The second-order valence-corrected chi connectivity index (χ2v) is 13.1. The molecule has 1 aliphatic carbocycles. The fourth-order valence-electron chi connectivity index (χ4n) is 6.63. The van der Waals surface area contributed by atoms with Gasteiger partial charge in [0.25, 0.3) is 0 Å². The number of para-hydroxylation sites is 1. The van der Waals surface area contributed by atoms with E-state index in [2.05, 4.69) is 21.6 Å². The number of carboxylic acid groups (broad SMARTS) is 1. The number of nitriles is 1. The van der Waals surface area contributed by atoms with Crippen LogP contribution in [0, 0.1) is 16.7 Å². The summed E-state index contributed by atoms with van der Waals surface area (Å²) in [5.74, 6) is 1.82. The number of imidazole rings is 1. The lowest BCUT2D eigenvalue weighted by Crippen LogP contribution is -2.34. The SMILES string of the molecule is N#CCC1(Cn2c(CN3CCC(c4cccc5c4O[C@@H](c4ccc(Cl)cc4Cl)CO5)CC3)nc3ccc(C(=O)O)cc32)CC1. The van der Waals surface area contributed by atoms with Crippen LogP contribution < -0.4 is 9.47 Å². The van der Waals surface area contributed by atoms with E-state index < -0.39 is 5.97 Å². The van der Waals surface area contributed by atoms with Gasteiger partial charge in [0.05, 0.1) is 29.2 Å². The van der Waals surface area contributed by atoms with Crippen molar-refractivity contribution in [2.75, 3.05) is 19.7 Å². The summed E-state index contributed by atoms with van der Waals surface area (Å²) in [5.41, 5.74) is 3.81. The van der Waals surface area contributed by atoms with Crippen LogP contribution in [0.4, 0.5) is 0 Å². The number of aromatic nitrogens is 2. The van der Waals surface area contributed by atoms with Gasteiger partial charge in [-0.25, -0.2) is 9.78 Å². The molecule has 0 radical (unpaired) electrons. The Labute approximate surface area is 265 Å². The topological polar surface area (TPSA) is 101 Å². The van der Waals surface area contributed by atoms with Crippen molar-refractivity contribution in [3.8, 4) is 17.6 Å². The van der Waals surface area contributed by atoms with E-state index in [-0.39, 0.29) is 17.1 Å². The Morgan fingerprint density at radius 2 is 1.91 bits per heavy atom. The van der Waals surface area contributed by atoms with Gasteiger partial charge in [0.1, 0.15) is 12.4 Å². The summed E-state index contributed by atoms with van der Waals surface area (Å²) in [7, 11) is 0. The minimum absolute atomic E-state index is 0.0497. The fourth-order valence-corrected chi connectivity index (χ4v) is 7.16. The van der Waals surface area contributed by atoms with Crippen LogP contribution in [0.3, 0.4) is 0 Å². The lowest BCUT2D eigenvalue weighted by molar-refractivity contribution is 0.0697. The van der Waals surface area contributed by atoms with Crippen LogP contribution in [-0.2, 0) is 13.1 Å². The Morgan fingerprint density at radius 1 is 1.09 bits per heavy atom. The Balaban J connectivity index is 1.09. The largest absolute Gasteiger partial charge is 0.485 e. The summed E-state index contributed by atoms with van der Waals surface area (Å²) in [6, 6.07) is 19.0. The van der Waals surface area contributed by atoms with Gasteiger partial charge in [0.15, 0.2) is 17.6 Å². The number of piperidine rings is 1. The van der Waals surface area contributed by atoms with Gasteiger partial charge in [-0.05, 0) is 81.1 Å². The monoisotopic (exact) mass is 630 g/mol. The molecule has 3 aromatic carbocycles. The van der Waals surface area contributed by atoms with Gasteiger partial charge in [-0.15, -0.1) is 0 Å². The number of rotatable bonds is 8. The standard InChI is InChI=1S/C34H32Cl2N4O4/c35-23-5-6-25(26(36)17-23)30-19-43-29-3-1-2-24(32(29)44-30)21-8-14-39(15-9-21)18-31-38-27-7-4-22(33(41)42)16-28(27)40(31)20-34(10-11-34)12-13-37/h1-7,16-17,21,30H,8-12,14-15,18-20H2,(H,41,42)/t30-/m1/s1. The summed E-state index contributed by atoms with van der Waals surface area (Å²) in [6.07, 6.45) is 4.08.